The molecule has 0 aliphatic rings. The number of carbonyl (C=O) groups is 2. The molecule has 0 amide bonds. The highest BCUT2D eigenvalue weighted by atomic mass is 19.1. The fourth-order valence-electron chi connectivity index (χ4n) is 1.46. The molecule has 0 aliphatic carbocycles. The molecule has 0 aliphatic heterocycles. The number of hydrogen-bond acceptors (Lipinski definition) is 5. The Kier molecular flexibility index (Phi) is 5.08. The average Bonchev–Trinajstić information content (AvgIpc) is 2.38. The van der Waals surface area contributed by atoms with Gasteiger partial charge in [-0.05, 0) is 26.0 Å². The number of halogens is 1. The maximum atomic E-state index is 13.0. The highest BCUT2D eigenvalue weighted by Gasteiger charge is 2.26. The molecule has 0 aromatic heterocycles. The zero-order valence-corrected chi connectivity index (χ0v) is 10.9. The number of benzene rings is 1. The standard InChI is InChI=1S/C13H12FNO5/c1-3-20-7-11(8(2)16)13(17)10-5-4-9(14)6-12(10)15(18)19/h4-7H,3H2,1-2H3. The predicted molar refractivity (Wildman–Crippen MR) is 67.8 cm³/mol. The summed E-state index contributed by atoms with van der Waals surface area (Å²) in [5.74, 6) is -2.31. The Morgan fingerprint density at radius 2 is 2.10 bits per heavy atom. The molecule has 20 heavy (non-hydrogen) atoms. The molecule has 0 fully saturated rings. The number of rotatable bonds is 6. The van der Waals surface area contributed by atoms with E-state index in [0.717, 1.165) is 25.3 Å². The Bertz CT molecular complexity index is 594. The molecule has 7 heteroatoms. The first-order valence-corrected chi connectivity index (χ1v) is 5.69. The van der Waals surface area contributed by atoms with Gasteiger partial charge in [0.25, 0.3) is 5.69 Å². The minimum absolute atomic E-state index is 0.232. The Balaban J connectivity index is 3.32. The second kappa shape index (κ2) is 6.55. The van der Waals surface area contributed by atoms with Gasteiger partial charge < -0.3 is 4.74 Å². The van der Waals surface area contributed by atoms with Gasteiger partial charge in [-0.3, -0.25) is 19.7 Å². The van der Waals surface area contributed by atoms with Crippen LogP contribution >= 0.6 is 0 Å². The zero-order chi connectivity index (χ0) is 15.3. The minimum atomic E-state index is -0.880. The lowest BCUT2D eigenvalue weighted by Gasteiger charge is -2.05. The van der Waals surface area contributed by atoms with E-state index in [1.165, 1.54) is 0 Å². The highest BCUT2D eigenvalue weighted by molar-refractivity contribution is 6.26. The third kappa shape index (κ3) is 3.47. The van der Waals surface area contributed by atoms with Crippen LogP contribution in [0.4, 0.5) is 10.1 Å². The predicted octanol–water partition coefficient (Wildman–Crippen LogP) is 2.43. The van der Waals surface area contributed by atoms with Crippen molar-refractivity contribution in [1.82, 2.24) is 0 Å². The molecule has 6 nitrogen and oxygen atoms in total. The summed E-state index contributed by atoms with van der Waals surface area (Å²) in [5.41, 5.74) is -1.39. The van der Waals surface area contributed by atoms with Gasteiger partial charge in [0.1, 0.15) is 11.4 Å². The van der Waals surface area contributed by atoms with E-state index in [1.54, 1.807) is 6.92 Å². The molecule has 1 rings (SSSR count). The summed E-state index contributed by atoms with van der Waals surface area (Å²) in [6.45, 7) is 3.02. The molecule has 0 saturated heterocycles. The van der Waals surface area contributed by atoms with E-state index in [9.17, 15) is 24.1 Å². The van der Waals surface area contributed by atoms with Crippen LogP contribution in [0, 0.1) is 15.9 Å². The van der Waals surface area contributed by atoms with E-state index in [-0.39, 0.29) is 17.7 Å². The van der Waals surface area contributed by atoms with Gasteiger partial charge in [-0.25, -0.2) is 4.39 Å². The molecule has 0 saturated carbocycles. The fourth-order valence-corrected chi connectivity index (χ4v) is 1.46. The van der Waals surface area contributed by atoms with E-state index >= 15 is 0 Å². The van der Waals surface area contributed by atoms with Gasteiger partial charge in [0.15, 0.2) is 5.78 Å². The molecule has 1 aromatic rings. The van der Waals surface area contributed by atoms with Crippen molar-refractivity contribution in [3.05, 3.63) is 51.5 Å². The fraction of sp³-hybridized carbons (Fsp3) is 0.231. The molecule has 106 valence electrons. The number of Topliss-reactive ketones (excluding diaryl/α,β-unsaturated/α-hetero) is 2. The average molecular weight is 281 g/mol. The first-order valence-electron chi connectivity index (χ1n) is 5.69. The quantitative estimate of drug-likeness (QED) is 0.152. The summed E-state index contributed by atoms with van der Waals surface area (Å²) in [6, 6.07) is 2.52. The number of ketones is 2. The van der Waals surface area contributed by atoms with Crippen LogP contribution in [0.2, 0.25) is 0 Å². The van der Waals surface area contributed by atoms with E-state index in [0.29, 0.717) is 6.07 Å². The lowest BCUT2D eigenvalue weighted by atomic mass is 10.00. The van der Waals surface area contributed by atoms with Crippen LogP contribution in [0.15, 0.2) is 30.0 Å². The van der Waals surface area contributed by atoms with Crippen molar-refractivity contribution in [3.63, 3.8) is 0 Å². The molecular weight excluding hydrogens is 269 g/mol. The third-order valence-corrected chi connectivity index (χ3v) is 2.39. The van der Waals surface area contributed by atoms with Crippen molar-refractivity contribution in [2.75, 3.05) is 6.61 Å². The Morgan fingerprint density at radius 1 is 1.45 bits per heavy atom. The lowest BCUT2D eigenvalue weighted by molar-refractivity contribution is -0.385. The first kappa shape index (κ1) is 15.5. The zero-order valence-electron chi connectivity index (χ0n) is 10.9. The van der Waals surface area contributed by atoms with Gasteiger partial charge in [0, 0.05) is 0 Å². The third-order valence-electron chi connectivity index (χ3n) is 2.39. The normalized spacial score (nSPS) is 11.1. The number of ether oxygens (including phenoxy) is 1. The van der Waals surface area contributed by atoms with Gasteiger partial charge in [0.05, 0.1) is 29.4 Å². The van der Waals surface area contributed by atoms with Crippen molar-refractivity contribution in [2.24, 2.45) is 0 Å². The molecule has 0 atom stereocenters. The SMILES string of the molecule is CCOC=C(C(C)=O)C(=O)c1ccc(F)cc1[N+](=O)[O-]. The second-order valence-electron chi connectivity index (χ2n) is 3.79. The van der Waals surface area contributed by atoms with Crippen LogP contribution in [-0.4, -0.2) is 23.1 Å². The van der Waals surface area contributed by atoms with Crippen LogP contribution in [0.5, 0.6) is 0 Å². The topological polar surface area (TPSA) is 86.5 Å². The Hall–Kier alpha value is -2.57. The molecule has 0 unspecified atom stereocenters. The van der Waals surface area contributed by atoms with Gasteiger partial charge in [-0.2, -0.15) is 0 Å². The number of hydrogen-bond donors (Lipinski definition) is 0. The molecular formula is C13H12FNO5. The molecule has 1 aromatic carbocycles. The van der Waals surface area contributed by atoms with Crippen LogP contribution in [0.3, 0.4) is 0 Å². The number of carbonyl (C=O) groups excluding carboxylic acids is 2. The van der Waals surface area contributed by atoms with Gasteiger partial charge in [-0.15, -0.1) is 0 Å². The number of allylic oxidation sites excluding steroid dienone is 1. The number of nitro groups is 1. The van der Waals surface area contributed by atoms with Crippen molar-refractivity contribution in [2.45, 2.75) is 13.8 Å². The van der Waals surface area contributed by atoms with E-state index in [1.807, 2.05) is 0 Å². The lowest BCUT2D eigenvalue weighted by Crippen LogP contribution is -2.13. The Morgan fingerprint density at radius 3 is 2.60 bits per heavy atom. The van der Waals surface area contributed by atoms with Gasteiger partial charge >= 0.3 is 0 Å². The molecule has 0 heterocycles. The van der Waals surface area contributed by atoms with E-state index < -0.39 is 28.0 Å². The Labute approximate surface area is 114 Å². The maximum absolute atomic E-state index is 13.0. The summed E-state index contributed by atoms with van der Waals surface area (Å²) in [7, 11) is 0. The molecule has 0 N–H and O–H groups in total. The minimum Gasteiger partial charge on any atom is -0.501 e. The van der Waals surface area contributed by atoms with Crippen LogP contribution in [0.25, 0.3) is 0 Å². The van der Waals surface area contributed by atoms with Crippen LogP contribution < -0.4 is 0 Å². The largest absolute Gasteiger partial charge is 0.501 e. The molecule has 0 spiro atoms. The highest BCUT2D eigenvalue weighted by Crippen LogP contribution is 2.23. The van der Waals surface area contributed by atoms with Crippen molar-refractivity contribution < 1.29 is 23.6 Å². The second-order valence-corrected chi connectivity index (χ2v) is 3.79. The maximum Gasteiger partial charge on any atom is 0.283 e. The number of nitrogens with zero attached hydrogens (tertiary/aromatic N) is 1. The van der Waals surface area contributed by atoms with Crippen LogP contribution in [-0.2, 0) is 9.53 Å². The van der Waals surface area contributed by atoms with Crippen molar-refractivity contribution >= 4 is 17.3 Å². The van der Waals surface area contributed by atoms with Crippen molar-refractivity contribution in [1.29, 1.82) is 0 Å². The summed E-state index contributed by atoms with van der Waals surface area (Å²) < 4.78 is 17.9. The van der Waals surface area contributed by atoms with E-state index in [4.69, 9.17) is 4.74 Å². The summed E-state index contributed by atoms with van der Waals surface area (Å²) in [6.07, 6.45) is 0.956. The van der Waals surface area contributed by atoms with E-state index in [2.05, 4.69) is 0 Å². The monoisotopic (exact) mass is 281 g/mol. The molecule has 0 bridgehead atoms. The van der Waals surface area contributed by atoms with Crippen LogP contribution in [0.1, 0.15) is 24.2 Å². The van der Waals surface area contributed by atoms with Gasteiger partial charge in [0.2, 0.25) is 5.78 Å². The van der Waals surface area contributed by atoms with Gasteiger partial charge in [-0.1, -0.05) is 0 Å². The summed E-state index contributed by atoms with van der Waals surface area (Å²) in [5, 5.41) is 10.8. The number of nitro benzene ring substituents is 1. The first-order chi connectivity index (χ1) is 9.38. The summed E-state index contributed by atoms with van der Waals surface area (Å²) in [4.78, 5) is 33.5. The summed E-state index contributed by atoms with van der Waals surface area (Å²) >= 11 is 0. The molecule has 0 radical (unpaired) electrons. The van der Waals surface area contributed by atoms with Crippen molar-refractivity contribution in [3.8, 4) is 0 Å². The smallest absolute Gasteiger partial charge is 0.283 e.